The number of nitrogens with zero attached hydrogens (tertiary/aromatic N) is 5. The lowest BCUT2D eigenvalue weighted by Crippen LogP contribution is -2.41. The second-order valence-corrected chi connectivity index (χ2v) is 8.29. The van der Waals surface area contributed by atoms with Crippen molar-refractivity contribution in [1.29, 1.82) is 0 Å². The highest BCUT2D eigenvalue weighted by Gasteiger charge is 2.38. The van der Waals surface area contributed by atoms with Gasteiger partial charge in [0, 0.05) is 38.4 Å². The summed E-state index contributed by atoms with van der Waals surface area (Å²) >= 11 is 0. The van der Waals surface area contributed by atoms with Crippen LogP contribution in [0.15, 0.2) is 12.4 Å². The molecule has 3 rings (SSSR count). The first-order valence-corrected chi connectivity index (χ1v) is 10.6. The molecule has 0 radical (unpaired) electrons. The van der Waals surface area contributed by atoms with E-state index in [1.54, 1.807) is 4.68 Å². The number of aromatic nitrogens is 4. The van der Waals surface area contributed by atoms with Gasteiger partial charge in [-0.3, -0.25) is 9.48 Å². The van der Waals surface area contributed by atoms with Crippen molar-refractivity contribution in [3.63, 3.8) is 0 Å². The topological polar surface area (TPSA) is 102 Å². The van der Waals surface area contributed by atoms with E-state index in [1.807, 2.05) is 38.2 Å². The minimum Gasteiger partial charge on any atom is -0.475 e. The third-order valence-electron chi connectivity index (χ3n) is 4.95. The zero-order valence-electron chi connectivity index (χ0n) is 19.4. The Kier molecular flexibility index (Phi) is 8.64. The molecule has 0 saturated carbocycles. The van der Waals surface area contributed by atoms with E-state index in [0.717, 1.165) is 18.0 Å². The van der Waals surface area contributed by atoms with E-state index in [-0.39, 0.29) is 11.8 Å². The second-order valence-electron chi connectivity index (χ2n) is 8.29. The first-order valence-electron chi connectivity index (χ1n) is 10.6. The van der Waals surface area contributed by atoms with Gasteiger partial charge in [-0.1, -0.05) is 13.8 Å². The summed E-state index contributed by atoms with van der Waals surface area (Å²) in [5.41, 5.74) is 3.65. The normalized spacial score (nSPS) is 15.8. The highest BCUT2D eigenvalue weighted by atomic mass is 19.4. The molecule has 1 N–H and O–H groups in total. The Hall–Kier alpha value is -2.89. The zero-order chi connectivity index (χ0) is 24.9. The molecule has 1 unspecified atom stereocenters. The highest BCUT2D eigenvalue weighted by Crippen LogP contribution is 2.29. The SMILES string of the molecule is CCn1nc(C)cc1C(=O)N1Cc2ncn(C)c2C(COCC(C)C)C1.O=C(O)C(F)(F)F. The third kappa shape index (κ3) is 6.80. The van der Waals surface area contributed by atoms with Crippen LogP contribution >= 0.6 is 0 Å². The number of imidazole rings is 1. The van der Waals surface area contributed by atoms with E-state index < -0.39 is 12.1 Å². The Morgan fingerprint density at radius 3 is 2.52 bits per heavy atom. The van der Waals surface area contributed by atoms with E-state index in [1.165, 1.54) is 5.69 Å². The van der Waals surface area contributed by atoms with E-state index in [9.17, 15) is 18.0 Å². The minimum absolute atomic E-state index is 0.0117. The minimum atomic E-state index is -5.08. The van der Waals surface area contributed by atoms with E-state index in [2.05, 4.69) is 28.5 Å². The van der Waals surface area contributed by atoms with Crippen LogP contribution in [-0.2, 0) is 29.7 Å². The monoisotopic (exact) mass is 473 g/mol. The van der Waals surface area contributed by atoms with Gasteiger partial charge < -0.3 is 19.3 Å². The lowest BCUT2D eigenvalue weighted by molar-refractivity contribution is -0.192. The van der Waals surface area contributed by atoms with Crippen LogP contribution < -0.4 is 0 Å². The molecule has 2 aromatic rings. The maximum Gasteiger partial charge on any atom is 0.490 e. The summed E-state index contributed by atoms with van der Waals surface area (Å²) < 4.78 is 41.5. The molecule has 0 spiro atoms. The number of alkyl halides is 3. The molecule has 0 bridgehead atoms. The van der Waals surface area contributed by atoms with E-state index >= 15 is 0 Å². The number of halogens is 3. The molecule has 9 nitrogen and oxygen atoms in total. The molecule has 0 fully saturated rings. The number of aliphatic carboxylic acids is 1. The number of carbonyl (C=O) groups excluding carboxylic acids is 1. The predicted octanol–water partition coefficient (Wildman–Crippen LogP) is 2.99. The number of carboxylic acids is 1. The highest BCUT2D eigenvalue weighted by molar-refractivity contribution is 5.93. The van der Waals surface area contributed by atoms with Gasteiger partial charge in [0.05, 0.1) is 30.9 Å². The number of hydrogen-bond acceptors (Lipinski definition) is 5. The van der Waals surface area contributed by atoms with Crippen LogP contribution in [-0.4, -0.2) is 67.1 Å². The van der Waals surface area contributed by atoms with Crippen molar-refractivity contribution in [2.75, 3.05) is 19.8 Å². The summed E-state index contributed by atoms with van der Waals surface area (Å²) in [6.07, 6.45) is -3.26. The third-order valence-corrected chi connectivity index (χ3v) is 4.95. The van der Waals surface area contributed by atoms with Crippen molar-refractivity contribution < 1.29 is 32.6 Å². The predicted molar refractivity (Wildman–Crippen MR) is 113 cm³/mol. The summed E-state index contributed by atoms with van der Waals surface area (Å²) in [5, 5.41) is 11.5. The quantitative estimate of drug-likeness (QED) is 0.692. The Morgan fingerprint density at radius 1 is 1.33 bits per heavy atom. The van der Waals surface area contributed by atoms with Crippen LogP contribution in [0.25, 0.3) is 0 Å². The van der Waals surface area contributed by atoms with Crippen LogP contribution in [0.1, 0.15) is 54.3 Å². The molecule has 1 atom stereocenters. The molecular weight excluding hydrogens is 443 g/mol. The number of aryl methyl sites for hydroxylation is 3. The van der Waals surface area contributed by atoms with Gasteiger partial charge in [-0.25, -0.2) is 9.78 Å². The summed E-state index contributed by atoms with van der Waals surface area (Å²) in [4.78, 5) is 28.4. The maximum atomic E-state index is 13.1. The lowest BCUT2D eigenvalue weighted by Gasteiger charge is -2.33. The Labute approximate surface area is 190 Å². The smallest absolute Gasteiger partial charge is 0.475 e. The maximum absolute atomic E-state index is 13.1. The lowest BCUT2D eigenvalue weighted by atomic mass is 9.98. The fraction of sp³-hybridized carbons (Fsp3) is 0.619. The van der Waals surface area contributed by atoms with Gasteiger partial charge in [-0.15, -0.1) is 0 Å². The molecule has 0 aliphatic carbocycles. The Morgan fingerprint density at radius 2 is 1.97 bits per heavy atom. The van der Waals surface area contributed by atoms with Crippen molar-refractivity contribution >= 4 is 11.9 Å². The number of fused-ring (bicyclic) bond motifs is 1. The number of carboxylic acid groups (broad SMARTS) is 1. The summed E-state index contributed by atoms with van der Waals surface area (Å²) in [7, 11) is 2.01. The largest absolute Gasteiger partial charge is 0.490 e. The van der Waals surface area contributed by atoms with Gasteiger partial charge >= 0.3 is 12.1 Å². The molecule has 3 heterocycles. The number of rotatable bonds is 6. The Bertz CT molecular complexity index is 968. The number of carbonyl (C=O) groups is 2. The fourth-order valence-corrected chi connectivity index (χ4v) is 3.58. The second kappa shape index (κ2) is 10.8. The Balaban J connectivity index is 0.000000479. The molecule has 1 aliphatic heterocycles. The standard InChI is InChI=1S/C19H29N5O2.C2HF3O2/c1-6-24-17(7-14(4)21-24)19(25)23-8-15(11-26-10-13(2)3)18-16(9-23)20-12-22(18)5;3-2(4,5)1(6)7/h7,12-13,15H,6,8-11H2,1-5H3;(H,6,7). The molecule has 184 valence electrons. The zero-order valence-corrected chi connectivity index (χ0v) is 19.4. The molecule has 1 aliphatic rings. The van der Waals surface area contributed by atoms with Crippen molar-refractivity contribution in [1.82, 2.24) is 24.2 Å². The first kappa shape index (κ1) is 26.4. The molecule has 0 saturated heterocycles. The molecule has 0 aromatic carbocycles. The van der Waals surface area contributed by atoms with Crippen LogP contribution in [0, 0.1) is 12.8 Å². The average Bonchev–Trinajstić information content (AvgIpc) is 3.29. The molecule has 12 heteroatoms. The number of ether oxygens (including phenoxy) is 1. The van der Waals surface area contributed by atoms with Crippen LogP contribution in [0.5, 0.6) is 0 Å². The van der Waals surface area contributed by atoms with Crippen LogP contribution in [0.3, 0.4) is 0 Å². The van der Waals surface area contributed by atoms with Gasteiger partial charge in [0.15, 0.2) is 0 Å². The van der Waals surface area contributed by atoms with Gasteiger partial charge in [0.25, 0.3) is 5.91 Å². The fourth-order valence-electron chi connectivity index (χ4n) is 3.58. The van der Waals surface area contributed by atoms with Crippen molar-refractivity contribution in [3.05, 3.63) is 35.2 Å². The van der Waals surface area contributed by atoms with Crippen molar-refractivity contribution in [2.24, 2.45) is 13.0 Å². The van der Waals surface area contributed by atoms with Gasteiger partial charge in [0.1, 0.15) is 5.69 Å². The van der Waals surface area contributed by atoms with Gasteiger partial charge in [-0.2, -0.15) is 18.3 Å². The first-order chi connectivity index (χ1) is 15.3. The van der Waals surface area contributed by atoms with Crippen molar-refractivity contribution in [2.45, 2.75) is 52.9 Å². The molecule has 2 aromatic heterocycles. The number of amides is 1. The van der Waals surface area contributed by atoms with Crippen molar-refractivity contribution in [3.8, 4) is 0 Å². The van der Waals surface area contributed by atoms with Gasteiger partial charge in [0.2, 0.25) is 0 Å². The molecule has 33 heavy (non-hydrogen) atoms. The van der Waals surface area contributed by atoms with E-state index in [0.29, 0.717) is 37.9 Å². The summed E-state index contributed by atoms with van der Waals surface area (Å²) in [6.45, 7) is 11.4. The number of hydrogen-bond donors (Lipinski definition) is 1. The molecule has 1 amide bonds. The van der Waals surface area contributed by atoms with Crippen LogP contribution in [0.2, 0.25) is 0 Å². The van der Waals surface area contributed by atoms with E-state index in [4.69, 9.17) is 14.6 Å². The van der Waals surface area contributed by atoms with Crippen LogP contribution in [0.4, 0.5) is 13.2 Å². The van der Waals surface area contributed by atoms with Gasteiger partial charge in [-0.05, 0) is 25.8 Å². The summed E-state index contributed by atoms with van der Waals surface area (Å²) in [6, 6.07) is 1.87. The average molecular weight is 473 g/mol. The molecular formula is C21H30F3N5O4. The summed E-state index contributed by atoms with van der Waals surface area (Å²) in [5.74, 6) is -2.12.